The molecule has 8 nitrogen and oxygen atoms in total. The molecule has 1 aliphatic heterocycles. The molecule has 146 valence electrons. The van der Waals surface area contributed by atoms with Crippen LogP contribution in [-0.2, 0) is 13.1 Å². The zero-order chi connectivity index (χ0) is 19.8. The molecule has 1 aromatic carbocycles. The molecular weight excluding hydrogens is 368 g/mol. The normalized spacial score (nSPS) is 16.0. The topological polar surface area (TPSA) is 82.0 Å². The average Bonchev–Trinajstić information content (AvgIpc) is 3.49. The molecule has 0 unspecified atom stereocenters. The first-order valence-corrected chi connectivity index (χ1v) is 9.52. The summed E-state index contributed by atoms with van der Waals surface area (Å²) in [6.07, 6.45) is 5.28. The number of nitrogens with zero attached hydrogens (tertiary/aromatic N) is 6. The highest BCUT2D eigenvalue weighted by Crippen LogP contribution is 2.28. The summed E-state index contributed by atoms with van der Waals surface area (Å²) < 4.78 is 9.80. The van der Waals surface area contributed by atoms with Crippen molar-refractivity contribution >= 4 is 5.91 Å². The molecule has 0 aliphatic carbocycles. The highest BCUT2D eigenvalue weighted by Gasteiger charge is 2.31. The van der Waals surface area contributed by atoms with Gasteiger partial charge in [-0.2, -0.15) is 0 Å². The Balaban J connectivity index is 1.36. The fourth-order valence-corrected chi connectivity index (χ4v) is 3.76. The van der Waals surface area contributed by atoms with Crippen molar-refractivity contribution < 1.29 is 9.21 Å². The van der Waals surface area contributed by atoms with Crippen molar-refractivity contribution in [3.05, 3.63) is 78.5 Å². The van der Waals surface area contributed by atoms with Gasteiger partial charge in [0.15, 0.2) is 17.4 Å². The van der Waals surface area contributed by atoms with Gasteiger partial charge in [0, 0.05) is 24.5 Å². The quantitative estimate of drug-likeness (QED) is 0.537. The summed E-state index contributed by atoms with van der Waals surface area (Å²) in [5.74, 6) is 2.53. The summed E-state index contributed by atoms with van der Waals surface area (Å²) in [5, 5.41) is 8.72. The van der Waals surface area contributed by atoms with Crippen LogP contribution in [0, 0.1) is 0 Å². The minimum absolute atomic E-state index is 0.0632. The number of amides is 1. The van der Waals surface area contributed by atoms with Crippen molar-refractivity contribution in [3.8, 4) is 11.4 Å². The minimum Gasteiger partial charge on any atom is -0.454 e. The largest absolute Gasteiger partial charge is 0.454 e. The van der Waals surface area contributed by atoms with E-state index in [4.69, 9.17) is 4.42 Å². The van der Waals surface area contributed by atoms with E-state index in [1.807, 2.05) is 47.2 Å². The van der Waals surface area contributed by atoms with E-state index in [9.17, 15) is 4.79 Å². The Morgan fingerprint density at radius 2 is 2.03 bits per heavy atom. The Bertz CT molecular complexity index is 1130. The summed E-state index contributed by atoms with van der Waals surface area (Å²) >= 11 is 0. The number of hydrogen-bond donors (Lipinski definition) is 0. The lowest BCUT2D eigenvalue weighted by Gasteiger charge is -2.32. The lowest BCUT2D eigenvalue weighted by molar-refractivity contribution is 0.0647. The summed E-state index contributed by atoms with van der Waals surface area (Å²) in [7, 11) is 0. The van der Waals surface area contributed by atoms with Crippen LogP contribution in [0.4, 0.5) is 0 Å². The summed E-state index contributed by atoms with van der Waals surface area (Å²) in [4.78, 5) is 18.8. The van der Waals surface area contributed by atoms with Crippen LogP contribution in [0.2, 0.25) is 0 Å². The van der Waals surface area contributed by atoms with Crippen LogP contribution in [0.3, 0.4) is 0 Å². The van der Waals surface area contributed by atoms with Gasteiger partial charge in [-0.25, -0.2) is 4.98 Å². The standard InChI is InChI=1S/C21H20N6O2/c1-15-11-26(13-19-23-24-20(27(15)19)16-5-3-2-4-6-16)21(28)18-8-7-17(29-18)12-25-10-9-22-14-25/h2-10,14-15H,11-13H2,1H3/t15-/m0/s1. The van der Waals surface area contributed by atoms with Crippen LogP contribution < -0.4 is 0 Å². The van der Waals surface area contributed by atoms with Crippen LogP contribution in [0.5, 0.6) is 0 Å². The molecule has 4 heterocycles. The molecule has 0 fully saturated rings. The third-order valence-corrected chi connectivity index (χ3v) is 5.11. The van der Waals surface area contributed by atoms with Crippen molar-refractivity contribution in [1.29, 1.82) is 0 Å². The van der Waals surface area contributed by atoms with Gasteiger partial charge in [0.25, 0.3) is 5.91 Å². The third kappa shape index (κ3) is 3.22. The summed E-state index contributed by atoms with van der Waals surface area (Å²) in [6, 6.07) is 13.6. The van der Waals surface area contributed by atoms with Crippen molar-refractivity contribution in [2.45, 2.75) is 26.1 Å². The number of aromatic nitrogens is 5. The molecular formula is C21H20N6O2. The highest BCUT2D eigenvalue weighted by atomic mass is 16.4. The smallest absolute Gasteiger partial charge is 0.290 e. The SMILES string of the molecule is C[C@H]1CN(C(=O)c2ccc(Cn3ccnc3)o2)Cc2nnc(-c3ccccc3)n21. The van der Waals surface area contributed by atoms with Crippen molar-refractivity contribution in [2.24, 2.45) is 0 Å². The van der Waals surface area contributed by atoms with Crippen LogP contribution in [-0.4, -0.2) is 41.7 Å². The molecule has 1 aliphatic rings. The maximum Gasteiger partial charge on any atom is 0.290 e. The lowest BCUT2D eigenvalue weighted by Crippen LogP contribution is -2.40. The molecule has 1 amide bonds. The number of carbonyl (C=O) groups is 1. The van der Waals surface area contributed by atoms with Crippen LogP contribution in [0.1, 0.15) is 35.1 Å². The molecule has 0 N–H and O–H groups in total. The van der Waals surface area contributed by atoms with Gasteiger partial charge in [-0.3, -0.25) is 4.79 Å². The van der Waals surface area contributed by atoms with E-state index in [1.54, 1.807) is 23.5 Å². The van der Waals surface area contributed by atoms with E-state index < -0.39 is 0 Å². The van der Waals surface area contributed by atoms with E-state index in [1.165, 1.54) is 0 Å². The maximum atomic E-state index is 13.0. The van der Waals surface area contributed by atoms with Gasteiger partial charge >= 0.3 is 0 Å². The predicted octanol–water partition coefficient (Wildman–Crippen LogP) is 3.00. The Morgan fingerprint density at radius 1 is 1.17 bits per heavy atom. The predicted molar refractivity (Wildman–Crippen MR) is 105 cm³/mol. The number of imidazole rings is 1. The van der Waals surface area contributed by atoms with Gasteiger partial charge in [0.2, 0.25) is 0 Å². The third-order valence-electron chi connectivity index (χ3n) is 5.11. The van der Waals surface area contributed by atoms with E-state index in [0.717, 1.165) is 17.2 Å². The number of fused-ring (bicyclic) bond motifs is 1. The van der Waals surface area contributed by atoms with E-state index >= 15 is 0 Å². The molecule has 0 saturated carbocycles. The van der Waals surface area contributed by atoms with Gasteiger partial charge < -0.3 is 18.5 Å². The number of benzene rings is 1. The summed E-state index contributed by atoms with van der Waals surface area (Å²) in [6.45, 7) is 3.59. The second-order valence-corrected chi connectivity index (χ2v) is 7.21. The molecule has 8 heteroatoms. The first kappa shape index (κ1) is 17.4. The number of carbonyl (C=O) groups excluding carboxylic acids is 1. The van der Waals surface area contributed by atoms with Gasteiger partial charge in [-0.1, -0.05) is 30.3 Å². The molecule has 5 rings (SSSR count). The molecule has 0 bridgehead atoms. The first-order valence-electron chi connectivity index (χ1n) is 9.52. The monoisotopic (exact) mass is 388 g/mol. The Labute approximate surface area is 167 Å². The second-order valence-electron chi connectivity index (χ2n) is 7.21. The zero-order valence-corrected chi connectivity index (χ0v) is 16.0. The minimum atomic E-state index is -0.135. The maximum absolute atomic E-state index is 13.0. The van der Waals surface area contributed by atoms with Crippen LogP contribution in [0.15, 0.2) is 65.6 Å². The van der Waals surface area contributed by atoms with Crippen molar-refractivity contribution in [3.63, 3.8) is 0 Å². The fourth-order valence-electron chi connectivity index (χ4n) is 3.76. The molecule has 3 aromatic heterocycles. The summed E-state index contributed by atoms with van der Waals surface area (Å²) in [5.41, 5.74) is 1.02. The van der Waals surface area contributed by atoms with Gasteiger partial charge in [0.1, 0.15) is 5.76 Å². The van der Waals surface area contributed by atoms with Gasteiger partial charge in [-0.15, -0.1) is 10.2 Å². The van der Waals surface area contributed by atoms with Gasteiger partial charge in [0.05, 0.1) is 25.5 Å². The first-order chi connectivity index (χ1) is 14.2. The number of hydrogen-bond acceptors (Lipinski definition) is 5. The van der Waals surface area contributed by atoms with Crippen LogP contribution in [0.25, 0.3) is 11.4 Å². The van der Waals surface area contributed by atoms with Gasteiger partial charge in [-0.05, 0) is 19.1 Å². The van der Waals surface area contributed by atoms with E-state index in [2.05, 4.69) is 26.7 Å². The number of rotatable bonds is 4. The van der Waals surface area contributed by atoms with Crippen molar-refractivity contribution in [2.75, 3.05) is 6.54 Å². The van der Waals surface area contributed by atoms with E-state index in [0.29, 0.717) is 31.2 Å². The van der Waals surface area contributed by atoms with E-state index in [-0.39, 0.29) is 11.9 Å². The Hall–Kier alpha value is -3.68. The Kier molecular flexibility index (Phi) is 4.23. The molecule has 0 spiro atoms. The lowest BCUT2D eigenvalue weighted by atomic mass is 10.1. The zero-order valence-electron chi connectivity index (χ0n) is 16.0. The second kappa shape index (κ2) is 7.05. The molecule has 29 heavy (non-hydrogen) atoms. The Morgan fingerprint density at radius 3 is 2.83 bits per heavy atom. The molecule has 0 radical (unpaired) electrons. The highest BCUT2D eigenvalue weighted by molar-refractivity contribution is 5.91. The molecule has 0 saturated heterocycles. The molecule has 4 aromatic rings. The van der Waals surface area contributed by atoms with Crippen LogP contribution >= 0.6 is 0 Å². The number of furan rings is 1. The van der Waals surface area contributed by atoms with Crippen molar-refractivity contribution in [1.82, 2.24) is 29.2 Å². The average molecular weight is 388 g/mol. The molecule has 1 atom stereocenters. The fraction of sp³-hybridized carbons (Fsp3) is 0.238.